The summed E-state index contributed by atoms with van der Waals surface area (Å²) < 4.78 is 1.91. The average molecular weight is 485 g/mol. The SMILES string of the molecule is Cc1ccc([N+](=O)[O-])cc1-n1c(C)cc(C=C2C(=N)N3N=C(c4ccccc4)SC3=NC2=O)c1C. The van der Waals surface area contributed by atoms with Gasteiger partial charge < -0.3 is 4.57 Å². The number of amides is 1. The zero-order chi connectivity index (χ0) is 24.9. The highest BCUT2D eigenvalue weighted by Gasteiger charge is 2.36. The number of non-ortho nitro benzene ring substituents is 1. The number of aryl methyl sites for hydroxylation is 2. The third kappa shape index (κ3) is 3.87. The number of hydrogen-bond donors (Lipinski definition) is 1. The van der Waals surface area contributed by atoms with Gasteiger partial charge in [-0.3, -0.25) is 20.3 Å². The Kier molecular flexibility index (Phi) is 5.45. The van der Waals surface area contributed by atoms with Gasteiger partial charge in [0.05, 0.1) is 16.2 Å². The normalized spacial score (nSPS) is 16.4. The molecule has 1 amide bonds. The maximum atomic E-state index is 12.9. The molecule has 0 atom stereocenters. The van der Waals surface area contributed by atoms with Crippen LogP contribution in [0.5, 0.6) is 0 Å². The molecule has 174 valence electrons. The molecule has 0 bridgehead atoms. The van der Waals surface area contributed by atoms with Crippen molar-refractivity contribution in [3.63, 3.8) is 0 Å². The number of nitrogens with zero attached hydrogens (tertiary/aromatic N) is 5. The number of thioether (sulfide) groups is 1. The van der Waals surface area contributed by atoms with E-state index < -0.39 is 10.8 Å². The number of rotatable bonds is 4. The zero-order valence-electron chi connectivity index (χ0n) is 19.1. The van der Waals surface area contributed by atoms with E-state index in [4.69, 9.17) is 5.41 Å². The van der Waals surface area contributed by atoms with Crippen molar-refractivity contribution in [3.8, 4) is 5.69 Å². The van der Waals surface area contributed by atoms with Gasteiger partial charge in [0.25, 0.3) is 11.6 Å². The summed E-state index contributed by atoms with van der Waals surface area (Å²) in [6.45, 7) is 5.66. The van der Waals surface area contributed by atoms with Crippen molar-refractivity contribution in [1.29, 1.82) is 5.41 Å². The summed E-state index contributed by atoms with van der Waals surface area (Å²) in [6.07, 6.45) is 1.64. The topological polar surface area (TPSA) is 117 Å². The standard InChI is InChI=1S/C25H20N6O3S/c1-14-9-10-19(31(33)34)13-21(14)29-15(2)11-18(16(29)3)12-20-22(26)30-25(27-23(20)32)35-24(28-30)17-7-5-4-6-8-17/h4-13,26H,1-3H3. The fourth-order valence-corrected chi connectivity index (χ4v) is 5.00. The van der Waals surface area contributed by atoms with Gasteiger partial charge in [-0.2, -0.15) is 15.1 Å². The minimum atomic E-state index is -0.505. The molecule has 0 unspecified atom stereocenters. The van der Waals surface area contributed by atoms with E-state index in [9.17, 15) is 14.9 Å². The molecule has 0 fully saturated rings. The van der Waals surface area contributed by atoms with Crippen LogP contribution in [-0.4, -0.2) is 36.5 Å². The van der Waals surface area contributed by atoms with E-state index in [0.717, 1.165) is 28.1 Å². The molecular formula is C25H20N6O3S. The van der Waals surface area contributed by atoms with Gasteiger partial charge in [-0.15, -0.1) is 0 Å². The second-order valence-corrected chi connectivity index (χ2v) is 9.14. The first-order valence-electron chi connectivity index (χ1n) is 10.7. The summed E-state index contributed by atoms with van der Waals surface area (Å²) >= 11 is 1.25. The number of amidine groups is 2. The lowest BCUT2D eigenvalue weighted by Crippen LogP contribution is -2.35. The Balaban J connectivity index is 1.54. The number of benzene rings is 2. The molecule has 0 spiro atoms. The van der Waals surface area contributed by atoms with Gasteiger partial charge in [0.15, 0.2) is 5.84 Å². The molecule has 1 N–H and O–H groups in total. The molecule has 9 nitrogen and oxygen atoms in total. The van der Waals surface area contributed by atoms with Gasteiger partial charge >= 0.3 is 0 Å². The molecule has 10 heteroatoms. The highest BCUT2D eigenvalue weighted by molar-refractivity contribution is 8.27. The maximum Gasteiger partial charge on any atom is 0.283 e. The second-order valence-electron chi connectivity index (χ2n) is 8.18. The largest absolute Gasteiger partial charge is 0.317 e. The maximum absolute atomic E-state index is 12.9. The smallest absolute Gasteiger partial charge is 0.283 e. The summed E-state index contributed by atoms with van der Waals surface area (Å²) in [7, 11) is 0. The van der Waals surface area contributed by atoms with Gasteiger partial charge in [-0.1, -0.05) is 36.4 Å². The van der Waals surface area contributed by atoms with Crippen molar-refractivity contribution in [2.24, 2.45) is 10.1 Å². The highest BCUT2D eigenvalue weighted by Crippen LogP contribution is 2.32. The Morgan fingerprint density at radius 1 is 1.09 bits per heavy atom. The van der Waals surface area contributed by atoms with Crippen molar-refractivity contribution in [2.45, 2.75) is 20.8 Å². The fourth-order valence-electron chi connectivity index (χ4n) is 4.10. The zero-order valence-corrected chi connectivity index (χ0v) is 20.0. The van der Waals surface area contributed by atoms with Crippen molar-refractivity contribution in [1.82, 2.24) is 9.58 Å². The van der Waals surface area contributed by atoms with Gasteiger partial charge in [0.2, 0.25) is 5.17 Å². The van der Waals surface area contributed by atoms with Gasteiger partial charge in [-0.25, -0.2) is 0 Å². The quantitative estimate of drug-likeness (QED) is 0.318. The molecule has 0 saturated heterocycles. The summed E-state index contributed by atoms with van der Waals surface area (Å²) in [5.74, 6) is -0.552. The number of nitrogens with one attached hydrogen (secondary N) is 1. The van der Waals surface area contributed by atoms with E-state index in [0.29, 0.717) is 15.9 Å². The van der Waals surface area contributed by atoms with Crippen LogP contribution < -0.4 is 0 Å². The van der Waals surface area contributed by atoms with E-state index in [1.807, 2.05) is 61.7 Å². The predicted molar refractivity (Wildman–Crippen MR) is 137 cm³/mol. The van der Waals surface area contributed by atoms with E-state index >= 15 is 0 Å². The van der Waals surface area contributed by atoms with Crippen molar-refractivity contribution in [2.75, 3.05) is 0 Å². The molecule has 2 aliphatic rings. The monoisotopic (exact) mass is 484 g/mol. The molecule has 0 saturated carbocycles. The lowest BCUT2D eigenvalue weighted by atomic mass is 10.1. The molecule has 5 rings (SSSR count). The van der Waals surface area contributed by atoms with Crippen LogP contribution in [0.1, 0.15) is 28.1 Å². The highest BCUT2D eigenvalue weighted by atomic mass is 32.2. The van der Waals surface area contributed by atoms with Crippen LogP contribution in [0.2, 0.25) is 0 Å². The average Bonchev–Trinajstić information content (AvgIpc) is 3.38. The number of hydrazone groups is 1. The third-order valence-corrected chi connectivity index (χ3v) is 6.85. The first kappa shape index (κ1) is 22.5. The molecule has 35 heavy (non-hydrogen) atoms. The van der Waals surface area contributed by atoms with Crippen LogP contribution >= 0.6 is 11.8 Å². The van der Waals surface area contributed by atoms with Gasteiger partial charge in [0.1, 0.15) is 5.04 Å². The summed E-state index contributed by atoms with van der Waals surface area (Å²) in [5.41, 5.74) is 4.94. The van der Waals surface area contributed by atoms with Crippen molar-refractivity contribution < 1.29 is 9.72 Å². The van der Waals surface area contributed by atoms with Crippen LogP contribution in [0.15, 0.2) is 70.3 Å². The van der Waals surface area contributed by atoms with Crippen LogP contribution in [0.4, 0.5) is 5.69 Å². The van der Waals surface area contributed by atoms with E-state index in [-0.39, 0.29) is 17.1 Å². The number of carbonyl (C=O) groups excluding carboxylic acids is 1. The Morgan fingerprint density at radius 3 is 2.54 bits per heavy atom. The van der Waals surface area contributed by atoms with E-state index in [1.165, 1.54) is 28.9 Å². The molecule has 0 radical (unpaired) electrons. The van der Waals surface area contributed by atoms with Crippen LogP contribution in [0.25, 0.3) is 11.8 Å². The number of nitro groups is 1. The Labute approximate surface area is 205 Å². The minimum Gasteiger partial charge on any atom is -0.317 e. The number of aliphatic imine (C=N–C) groups is 1. The number of aromatic nitrogens is 1. The van der Waals surface area contributed by atoms with Crippen LogP contribution in [0, 0.1) is 36.3 Å². The third-order valence-electron chi connectivity index (χ3n) is 5.89. The Bertz CT molecular complexity index is 1520. The van der Waals surface area contributed by atoms with Crippen LogP contribution in [0.3, 0.4) is 0 Å². The van der Waals surface area contributed by atoms with Gasteiger partial charge in [-0.05, 0) is 55.8 Å². The van der Waals surface area contributed by atoms with Crippen molar-refractivity contribution >= 4 is 45.5 Å². The predicted octanol–water partition coefficient (Wildman–Crippen LogP) is 4.98. The molecule has 2 aliphatic heterocycles. The summed E-state index contributed by atoms with van der Waals surface area (Å²) in [4.78, 5) is 27.9. The number of nitro benzene ring substituents is 1. The molecule has 2 aromatic carbocycles. The van der Waals surface area contributed by atoms with E-state index in [2.05, 4.69) is 10.1 Å². The van der Waals surface area contributed by atoms with Gasteiger partial charge in [0, 0.05) is 29.1 Å². The Morgan fingerprint density at radius 2 is 1.83 bits per heavy atom. The molecule has 3 aromatic rings. The minimum absolute atomic E-state index is 0.00252. The number of carbonyl (C=O) groups is 1. The molecule has 1 aromatic heterocycles. The first-order valence-corrected chi connectivity index (χ1v) is 11.6. The lowest BCUT2D eigenvalue weighted by Gasteiger charge is -2.20. The number of hydrogen-bond acceptors (Lipinski definition) is 6. The van der Waals surface area contributed by atoms with E-state index in [1.54, 1.807) is 12.1 Å². The molecule has 3 heterocycles. The Hall–Kier alpha value is -4.31. The lowest BCUT2D eigenvalue weighted by molar-refractivity contribution is -0.384. The van der Waals surface area contributed by atoms with Crippen LogP contribution in [-0.2, 0) is 4.79 Å². The molecular weight excluding hydrogens is 464 g/mol. The second kappa shape index (κ2) is 8.48. The van der Waals surface area contributed by atoms with Crippen molar-refractivity contribution in [3.05, 3.63) is 98.4 Å². The molecule has 0 aliphatic carbocycles. The number of fused-ring (bicyclic) bond motifs is 1. The summed E-state index contributed by atoms with van der Waals surface area (Å²) in [6, 6.07) is 16.2. The fraction of sp³-hybridized carbons (Fsp3) is 0.120. The summed E-state index contributed by atoms with van der Waals surface area (Å²) in [5, 5.41) is 26.9. The first-order chi connectivity index (χ1) is 16.7.